The van der Waals surface area contributed by atoms with Gasteiger partial charge < -0.3 is 5.32 Å². The maximum Gasteiger partial charge on any atom is 0.221 e. The summed E-state index contributed by atoms with van der Waals surface area (Å²) in [7, 11) is 2.30. The summed E-state index contributed by atoms with van der Waals surface area (Å²) in [5.74, 6) is 1.48. The highest BCUT2D eigenvalue weighted by molar-refractivity contribution is 5.79. The van der Waals surface area contributed by atoms with E-state index in [2.05, 4.69) is 57.4 Å². The molecule has 0 saturated heterocycles. The van der Waals surface area contributed by atoms with Crippen molar-refractivity contribution < 1.29 is 9.28 Å². The van der Waals surface area contributed by atoms with Crippen molar-refractivity contribution >= 4 is 11.7 Å². The van der Waals surface area contributed by atoms with Gasteiger partial charge in [0.1, 0.15) is 6.54 Å². The van der Waals surface area contributed by atoms with Crippen LogP contribution in [0.25, 0.3) is 0 Å². The lowest BCUT2D eigenvalue weighted by molar-refractivity contribution is -0.815. The Morgan fingerprint density at radius 2 is 1.00 bits per heavy atom. The van der Waals surface area contributed by atoms with Crippen LogP contribution >= 0.6 is 0 Å². The van der Waals surface area contributed by atoms with Gasteiger partial charge in [-0.15, -0.1) is 0 Å². The van der Waals surface area contributed by atoms with Crippen molar-refractivity contribution in [2.75, 3.05) is 20.1 Å². The number of aliphatic imine (C=N–C) groups is 1. The van der Waals surface area contributed by atoms with E-state index in [1.807, 2.05) is 0 Å². The molecule has 1 heterocycles. The van der Waals surface area contributed by atoms with Gasteiger partial charge in [0.05, 0.1) is 13.6 Å². The summed E-state index contributed by atoms with van der Waals surface area (Å²) >= 11 is 0. The number of carbonyl (C=O) groups excluding carboxylic acids is 1. The summed E-state index contributed by atoms with van der Waals surface area (Å²) in [6.45, 7) is 8.78. The number of carbonyl (C=O) groups is 1. The maximum atomic E-state index is 12.7. The van der Waals surface area contributed by atoms with Gasteiger partial charge in [-0.2, -0.15) is 0 Å². The van der Waals surface area contributed by atoms with Crippen molar-refractivity contribution in [3.05, 3.63) is 24.3 Å². The Hall–Kier alpha value is -1.42. The van der Waals surface area contributed by atoms with Crippen molar-refractivity contribution in [3.63, 3.8) is 0 Å². The molecule has 0 saturated carbocycles. The van der Waals surface area contributed by atoms with Gasteiger partial charge in [0.15, 0.2) is 12.0 Å². The predicted molar refractivity (Wildman–Crippen MR) is 204 cm³/mol. The van der Waals surface area contributed by atoms with Gasteiger partial charge in [-0.3, -0.25) is 9.28 Å². The Balaban J connectivity index is 2.05. The molecule has 0 radical (unpaired) electrons. The molecule has 1 aliphatic rings. The van der Waals surface area contributed by atoms with Gasteiger partial charge in [-0.05, 0) is 71.1 Å². The third-order valence-electron chi connectivity index (χ3n) is 10.1. The number of likely N-dealkylation sites (N-methyl/N-ethyl adjacent to an activating group) is 1. The fraction of sp³-hybridized carbons (Fsp3) is 0.857. The topological polar surface area (TPSA) is 41.5 Å². The van der Waals surface area contributed by atoms with E-state index >= 15 is 0 Å². The van der Waals surface area contributed by atoms with E-state index in [0.29, 0.717) is 6.42 Å². The van der Waals surface area contributed by atoms with E-state index in [4.69, 9.17) is 4.99 Å². The number of amides is 1. The van der Waals surface area contributed by atoms with E-state index < -0.39 is 0 Å². The zero-order valence-electron chi connectivity index (χ0n) is 31.6. The summed E-state index contributed by atoms with van der Waals surface area (Å²) in [5.41, 5.74) is 0. The smallest absolute Gasteiger partial charge is 0.221 e. The molecule has 268 valence electrons. The van der Waals surface area contributed by atoms with Gasteiger partial charge in [0.25, 0.3) is 0 Å². The summed E-state index contributed by atoms with van der Waals surface area (Å²) in [5, 5.41) is 3.25. The van der Waals surface area contributed by atoms with Crippen LogP contribution in [-0.2, 0) is 4.79 Å². The van der Waals surface area contributed by atoms with E-state index in [1.54, 1.807) is 0 Å². The lowest BCUT2D eigenvalue weighted by atomic mass is 10.1. The van der Waals surface area contributed by atoms with Crippen LogP contribution in [0.2, 0.25) is 0 Å². The maximum absolute atomic E-state index is 12.7. The van der Waals surface area contributed by atoms with Crippen LogP contribution in [0.15, 0.2) is 29.3 Å². The van der Waals surface area contributed by atoms with E-state index in [1.165, 1.54) is 166 Å². The second-order valence-electron chi connectivity index (χ2n) is 14.5. The summed E-state index contributed by atoms with van der Waals surface area (Å²) in [6.07, 6.45) is 46.8. The lowest BCUT2D eigenvalue weighted by Gasteiger charge is -2.29. The minimum Gasteiger partial charge on any atom is -0.329 e. The molecule has 1 aliphatic heterocycles. The first-order chi connectivity index (χ1) is 22.6. The molecule has 46 heavy (non-hydrogen) atoms. The number of nitrogens with one attached hydrogen (secondary N) is 1. The van der Waals surface area contributed by atoms with E-state index in [-0.39, 0.29) is 12.1 Å². The van der Waals surface area contributed by atoms with Gasteiger partial charge >= 0.3 is 0 Å². The number of allylic oxidation sites excluding steroid dienone is 4. The zero-order valence-corrected chi connectivity index (χ0v) is 31.6. The largest absolute Gasteiger partial charge is 0.329 e. The third kappa shape index (κ3) is 23.8. The minimum atomic E-state index is -0.0373. The molecule has 0 fully saturated rings. The van der Waals surface area contributed by atoms with Crippen molar-refractivity contribution in [1.29, 1.82) is 0 Å². The summed E-state index contributed by atoms with van der Waals surface area (Å²) in [4.78, 5) is 17.7. The van der Waals surface area contributed by atoms with Crippen molar-refractivity contribution in [2.45, 2.75) is 213 Å². The number of nitrogens with zero attached hydrogens (tertiary/aromatic N) is 2. The van der Waals surface area contributed by atoms with Crippen LogP contribution < -0.4 is 5.32 Å². The van der Waals surface area contributed by atoms with Gasteiger partial charge in [0, 0.05) is 12.8 Å². The van der Waals surface area contributed by atoms with Gasteiger partial charge in [0.2, 0.25) is 5.91 Å². The van der Waals surface area contributed by atoms with Gasteiger partial charge in [-0.25, -0.2) is 4.99 Å². The second-order valence-corrected chi connectivity index (χ2v) is 14.5. The number of unbranched alkanes of at least 4 members (excludes halogenated alkanes) is 23. The van der Waals surface area contributed by atoms with Crippen LogP contribution in [-0.4, -0.2) is 42.5 Å². The van der Waals surface area contributed by atoms with Crippen LogP contribution in [0.3, 0.4) is 0 Å². The van der Waals surface area contributed by atoms with E-state index in [0.717, 1.165) is 36.8 Å². The lowest BCUT2D eigenvalue weighted by Crippen LogP contribution is -2.50. The van der Waals surface area contributed by atoms with E-state index in [9.17, 15) is 4.79 Å². The molecule has 2 unspecified atom stereocenters. The van der Waals surface area contributed by atoms with Crippen molar-refractivity contribution in [2.24, 2.45) is 4.99 Å². The molecule has 0 aliphatic carbocycles. The normalized spacial score (nSPS) is 18.3. The Kier molecular flexibility index (Phi) is 28.6. The first-order valence-corrected chi connectivity index (χ1v) is 20.6. The average Bonchev–Trinajstić information content (AvgIpc) is 3.37. The monoisotopic (exact) mass is 643 g/mol. The third-order valence-corrected chi connectivity index (χ3v) is 10.1. The Morgan fingerprint density at radius 3 is 1.43 bits per heavy atom. The Labute approximate surface area is 288 Å². The van der Waals surface area contributed by atoms with Crippen LogP contribution in [0.4, 0.5) is 0 Å². The number of hydrogen-bond donors (Lipinski definition) is 1. The van der Waals surface area contributed by atoms with Crippen molar-refractivity contribution in [3.8, 4) is 0 Å². The van der Waals surface area contributed by atoms with Crippen LogP contribution in [0, 0.1) is 0 Å². The Morgan fingerprint density at radius 1 is 0.609 bits per heavy atom. The molecule has 1 amide bonds. The zero-order chi connectivity index (χ0) is 33.4. The van der Waals surface area contributed by atoms with Crippen LogP contribution in [0.5, 0.6) is 0 Å². The molecule has 0 aromatic rings. The first-order valence-electron chi connectivity index (χ1n) is 20.6. The molecule has 1 N–H and O–H groups in total. The summed E-state index contributed by atoms with van der Waals surface area (Å²) in [6, 6.07) is 0. The Bertz CT molecular complexity index is 788. The SMILES string of the molecule is CCCCCCCC/C=C\CCCCCCCCC1=NC(NC(=O)CCCCCCC/C=C\CCCCCCCC)C[N+]1(C)CC. The number of hydrogen-bond acceptors (Lipinski definition) is 2. The van der Waals surface area contributed by atoms with Crippen LogP contribution in [0.1, 0.15) is 207 Å². The highest BCUT2D eigenvalue weighted by Crippen LogP contribution is 2.21. The average molecular weight is 643 g/mol. The highest BCUT2D eigenvalue weighted by atomic mass is 16.1. The quantitative estimate of drug-likeness (QED) is 0.0432. The minimum absolute atomic E-state index is 0.0373. The second kappa shape index (κ2) is 30.9. The molecule has 0 aromatic carbocycles. The summed E-state index contributed by atoms with van der Waals surface area (Å²) < 4.78 is 0.892. The molecular formula is C42H80N3O+. The fourth-order valence-corrected chi connectivity index (χ4v) is 6.72. The van der Waals surface area contributed by atoms with Crippen molar-refractivity contribution in [1.82, 2.24) is 5.32 Å². The molecule has 0 aromatic heterocycles. The molecular weight excluding hydrogens is 562 g/mol. The standard InChI is InChI=1S/C42H79N3O/c1-5-8-10-12-14-16-18-20-22-24-25-27-29-31-33-35-37-41-43-40(39-45(41,4)7-3)44-42(46)38-36-34-32-30-28-26-23-21-19-17-15-13-11-9-6-2/h20-23,40H,5-19,24-39H2,1-4H3/p+1/b22-20-,23-21-. The highest BCUT2D eigenvalue weighted by Gasteiger charge is 2.37. The predicted octanol–water partition coefficient (Wildman–Crippen LogP) is 12.8. The molecule has 0 spiro atoms. The van der Waals surface area contributed by atoms with Gasteiger partial charge in [-0.1, -0.05) is 147 Å². The molecule has 2 atom stereocenters. The fourth-order valence-electron chi connectivity index (χ4n) is 6.72. The number of rotatable bonds is 33. The molecule has 4 nitrogen and oxygen atoms in total. The molecule has 4 heteroatoms. The molecule has 1 rings (SSSR count). The number of amidine groups is 1. The first kappa shape index (κ1) is 42.6. The number of quaternary nitrogens is 1. The molecule has 0 bridgehead atoms.